The minimum absolute atomic E-state index is 0.343. The number of nitrogens with zero attached hydrogens (tertiary/aromatic N) is 4. The summed E-state index contributed by atoms with van der Waals surface area (Å²) in [5.74, 6) is 0. The summed E-state index contributed by atoms with van der Waals surface area (Å²) in [7, 11) is 0. The van der Waals surface area contributed by atoms with Crippen molar-refractivity contribution in [1.82, 2.24) is 14.8 Å². The molecule has 0 unspecified atom stereocenters. The number of hydrogen-bond donors (Lipinski definition) is 0. The smallest absolute Gasteiger partial charge is 0.0776 e. The van der Waals surface area contributed by atoms with Crippen LogP contribution in [0, 0.1) is 6.92 Å². The third-order valence-corrected chi connectivity index (χ3v) is 4.04. The van der Waals surface area contributed by atoms with E-state index in [2.05, 4.69) is 67.4 Å². The van der Waals surface area contributed by atoms with Crippen LogP contribution in [0.1, 0.15) is 43.1 Å². The van der Waals surface area contributed by atoms with Crippen LogP contribution in [-0.2, 0) is 13.1 Å². The lowest BCUT2D eigenvalue weighted by Crippen LogP contribution is -2.19. The SMILES string of the molecule is CCn1cc(CN2N=C(C)C[C@@H]2c2ccccc2)c(C)n1. The van der Waals surface area contributed by atoms with Crippen LogP contribution in [0.5, 0.6) is 0 Å². The van der Waals surface area contributed by atoms with Gasteiger partial charge in [-0.25, -0.2) is 0 Å². The molecule has 2 heterocycles. The zero-order valence-electron chi connectivity index (χ0n) is 13.0. The van der Waals surface area contributed by atoms with Crippen LogP contribution in [0.15, 0.2) is 41.6 Å². The van der Waals surface area contributed by atoms with Crippen molar-refractivity contribution in [3.8, 4) is 0 Å². The Morgan fingerprint density at radius 2 is 1.95 bits per heavy atom. The number of aromatic nitrogens is 2. The van der Waals surface area contributed by atoms with E-state index in [1.54, 1.807) is 0 Å². The second-order valence-corrected chi connectivity index (χ2v) is 5.66. The Bertz CT molecular complexity index is 642. The minimum Gasteiger partial charge on any atom is -0.285 e. The van der Waals surface area contributed by atoms with Gasteiger partial charge in [0.25, 0.3) is 0 Å². The standard InChI is InChI=1S/C17H22N4/c1-4-20-11-16(14(3)19-20)12-21-17(10-13(2)18-21)15-8-6-5-7-9-15/h5-9,11,17H,4,10,12H2,1-3H3/t17-/m1/s1. The molecule has 3 rings (SSSR count). The number of aryl methyl sites for hydroxylation is 2. The third-order valence-electron chi connectivity index (χ3n) is 4.04. The lowest BCUT2D eigenvalue weighted by Gasteiger charge is -2.23. The van der Waals surface area contributed by atoms with Crippen LogP contribution in [-0.4, -0.2) is 20.5 Å². The quantitative estimate of drug-likeness (QED) is 0.859. The molecule has 0 N–H and O–H groups in total. The van der Waals surface area contributed by atoms with Gasteiger partial charge in [0.15, 0.2) is 0 Å². The fourth-order valence-corrected chi connectivity index (χ4v) is 2.88. The van der Waals surface area contributed by atoms with Crippen molar-refractivity contribution >= 4 is 5.71 Å². The minimum atomic E-state index is 0.343. The molecule has 0 aliphatic carbocycles. The van der Waals surface area contributed by atoms with Gasteiger partial charge in [-0.1, -0.05) is 30.3 Å². The Balaban J connectivity index is 1.83. The predicted molar refractivity (Wildman–Crippen MR) is 85.1 cm³/mol. The molecule has 1 aliphatic rings. The van der Waals surface area contributed by atoms with E-state index < -0.39 is 0 Å². The van der Waals surface area contributed by atoms with E-state index in [0.717, 1.165) is 25.2 Å². The molecule has 1 aliphatic heterocycles. The van der Waals surface area contributed by atoms with Crippen LogP contribution in [0.25, 0.3) is 0 Å². The second-order valence-electron chi connectivity index (χ2n) is 5.66. The van der Waals surface area contributed by atoms with Crippen molar-refractivity contribution in [2.24, 2.45) is 5.10 Å². The topological polar surface area (TPSA) is 33.4 Å². The van der Waals surface area contributed by atoms with Crippen molar-refractivity contribution in [3.63, 3.8) is 0 Å². The molecule has 1 aromatic heterocycles. The maximum Gasteiger partial charge on any atom is 0.0776 e. The number of hydrogen-bond acceptors (Lipinski definition) is 3. The van der Waals surface area contributed by atoms with E-state index in [1.807, 2.05) is 4.68 Å². The van der Waals surface area contributed by atoms with E-state index in [4.69, 9.17) is 5.10 Å². The molecule has 110 valence electrons. The first-order valence-electron chi connectivity index (χ1n) is 7.56. The average Bonchev–Trinajstić information content (AvgIpc) is 3.03. The van der Waals surface area contributed by atoms with Gasteiger partial charge < -0.3 is 0 Å². The Morgan fingerprint density at radius 3 is 2.62 bits per heavy atom. The Morgan fingerprint density at radius 1 is 1.19 bits per heavy atom. The van der Waals surface area contributed by atoms with E-state index in [-0.39, 0.29) is 0 Å². The summed E-state index contributed by atoms with van der Waals surface area (Å²) in [5.41, 5.74) is 4.89. The molecule has 1 aromatic carbocycles. The molecule has 0 fully saturated rings. The Hall–Kier alpha value is -2.10. The van der Waals surface area contributed by atoms with Crippen molar-refractivity contribution in [3.05, 3.63) is 53.3 Å². The average molecular weight is 282 g/mol. The van der Waals surface area contributed by atoms with Gasteiger partial charge >= 0.3 is 0 Å². The fraction of sp³-hybridized carbons (Fsp3) is 0.412. The van der Waals surface area contributed by atoms with E-state index >= 15 is 0 Å². The van der Waals surface area contributed by atoms with Gasteiger partial charge in [-0.3, -0.25) is 9.69 Å². The van der Waals surface area contributed by atoms with Gasteiger partial charge in [-0.2, -0.15) is 10.2 Å². The maximum absolute atomic E-state index is 4.73. The predicted octanol–water partition coefficient (Wildman–Crippen LogP) is 3.53. The fourth-order valence-electron chi connectivity index (χ4n) is 2.88. The van der Waals surface area contributed by atoms with Crippen molar-refractivity contribution in [2.45, 2.75) is 46.3 Å². The van der Waals surface area contributed by atoms with Gasteiger partial charge in [0.2, 0.25) is 0 Å². The zero-order valence-corrected chi connectivity index (χ0v) is 13.0. The monoisotopic (exact) mass is 282 g/mol. The first-order chi connectivity index (χ1) is 10.2. The van der Waals surface area contributed by atoms with Crippen LogP contribution in [0.2, 0.25) is 0 Å². The van der Waals surface area contributed by atoms with E-state index in [9.17, 15) is 0 Å². The summed E-state index contributed by atoms with van der Waals surface area (Å²) < 4.78 is 1.99. The summed E-state index contributed by atoms with van der Waals surface area (Å²) in [5, 5.41) is 11.5. The summed E-state index contributed by atoms with van der Waals surface area (Å²) >= 11 is 0. The van der Waals surface area contributed by atoms with Gasteiger partial charge in [0.05, 0.1) is 18.3 Å². The molecule has 4 nitrogen and oxygen atoms in total. The second kappa shape index (κ2) is 5.72. The van der Waals surface area contributed by atoms with Gasteiger partial charge in [0, 0.05) is 30.4 Å². The van der Waals surface area contributed by atoms with Crippen LogP contribution in [0.4, 0.5) is 0 Å². The molecule has 0 radical (unpaired) electrons. The molecule has 4 heteroatoms. The first-order valence-corrected chi connectivity index (χ1v) is 7.56. The molecule has 0 spiro atoms. The van der Waals surface area contributed by atoms with Gasteiger partial charge in [-0.05, 0) is 26.3 Å². The highest BCUT2D eigenvalue weighted by Gasteiger charge is 2.26. The zero-order chi connectivity index (χ0) is 14.8. The van der Waals surface area contributed by atoms with Crippen molar-refractivity contribution in [1.29, 1.82) is 0 Å². The molecule has 1 atom stereocenters. The highest BCUT2D eigenvalue weighted by Crippen LogP contribution is 2.32. The third kappa shape index (κ3) is 2.84. The van der Waals surface area contributed by atoms with Crippen molar-refractivity contribution < 1.29 is 0 Å². The molecular formula is C17H22N4. The largest absolute Gasteiger partial charge is 0.285 e. The molecular weight excluding hydrogens is 260 g/mol. The Kier molecular flexibility index (Phi) is 3.78. The molecule has 2 aromatic rings. The molecule has 0 bridgehead atoms. The first kappa shape index (κ1) is 13.9. The summed E-state index contributed by atoms with van der Waals surface area (Å²) in [6.07, 6.45) is 3.14. The van der Waals surface area contributed by atoms with E-state index in [0.29, 0.717) is 6.04 Å². The summed E-state index contributed by atoms with van der Waals surface area (Å²) in [6, 6.07) is 11.0. The highest BCUT2D eigenvalue weighted by molar-refractivity contribution is 5.83. The summed E-state index contributed by atoms with van der Waals surface area (Å²) in [6.45, 7) is 8.03. The van der Waals surface area contributed by atoms with E-state index in [1.165, 1.54) is 16.8 Å². The summed E-state index contributed by atoms with van der Waals surface area (Å²) in [4.78, 5) is 0. The number of benzene rings is 1. The molecule has 0 amide bonds. The van der Waals surface area contributed by atoms with Crippen LogP contribution >= 0.6 is 0 Å². The van der Waals surface area contributed by atoms with Crippen LogP contribution in [0.3, 0.4) is 0 Å². The molecule has 21 heavy (non-hydrogen) atoms. The highest BCUT2D eigenvalue weighted by atomic mass is 15.5. The van der Waals surface area contributed by atoms with Crippen molar-refractivity contribution in [2.75, 3.05) is 0 Å². The maximum atomic E-state index is 4.73. The lowest BCUT2D eigenvalue weighted by atomic mass is 10.0. The lowest BCUT2D eigenvalue weighted by molar-refractivity contribution is 0.224. The number of rotatable bonds is 4. The Labute approximate surface area is 126 Å². The van der Waals surface area contributed by atoms with Gasteiger partial charge in [0.1, 0.15) is 0 Å². The van der Waals surface area contributed by atoms with Crippen LogP contribution < -0.4 is 0 Å². The normalized spacial score (nSPS) is 18.1. The molecule has 0 saturated heterocycles. The number of hydrazone groups is 1. The molecule has 0 saturated carbocycles. The van der Waals surface area contributed by atoms with Gasteiger partial charge in [-0.15, -0.1) is 0 Å².